The van der Waals surface area contributed by atoms with Gasteiger partial charge in [-0.3, -0.25) is 4.90 Å². The standard InChI is InChI=1S/C20H22BrNO4/c1-22-8-7-13-9-17-19(26-11-25-17)20(24-2)18(13)15(22)10-16(23)12-3-5-14(21)6-4-12/h3-6,9,15-16,23H,7-8,10-11H2,1-2H3/t15-,16-/m0/s1. The van der Waals surface area contributed by atoms with Crippen molar-refractivity contribution in [3.63, 3.8) is 0 Å². The number of nitrogens with zero attached hydrogens (tertiary/aromatic N) is 1. The Kier molecular flexibility index (Phi) is 4.82. The number of likely N-dealkylation sites (N-methyl/N-ethyl adjacent to an activating group) is 1. The summed E-state index contributed by atoms with van der Waals surface area (Å²) in [6, 6.07) is 9.92. The summed E-state index contributed by atoms with van der Waals surface area (Å²) in [5, 5.41) is 10.8. The van der Waals surface area contributed by atoms with Gasteiger partial charge in [-0.25, -0.2) is 0 Å². The van der Waals surface area contributed by atoms with Crippen LogP contribution in [0.25, 0.3) is 0 Å². The van der Waals surface area contributed by atoms with Gasteiger partial charge in [0.1, 0.15) is 0 Å². The van der Waals surface area contributed by atoms with Gasteiger partial charge in [0.25, 0.3) is 0 Å². The van der Waals surface area contributed by atoms with E-state index < -0.39 is 6.10 Å². The van der Waals surface area contributed by atoms with Crippen molar-refractivity contribution in [2.24, 2.45) is 0 Å². The third-order valence-corrected chi connectivity index (χ3v) is 5.78. The zero-order chi connectivity index (χ0) is 18.3. The molecule has 0 unspecified atom stereocenters. The number of benzene rings is 2. The molecule has 2 aromatic rings. The Morgan fingerprint density at radius 2 is 2.08 bits per heavy atom. The average molecular weight is 420 g/mol. The Bertz CT molecular complexity index is 808. The Labute approximate surface area is 161 Å². The number of ether oxygens (including phenoxy) is 3. The van der Waals surface area contributed by atoms with Crippen molar-refractivity contribution in [3.8, 4) is 17.2 Å². The first-order chi connectivity index (χ1) is 12.6. The molecule has 0 spiro atoms. The Hall–Kier alpha value is -1.76. The first-order valence-electron chi connectivity index (χ1n) is 8.71. The van der Waals surface area contributed by atoms with Gasteiger partial charge in [0, 0.05) is 22.6 Å². The smallest absolute Gasteiger partial charge is 0.231 e. The summed E-state index contributed by atoms with van der Waals surface area (Å²) < 4.78 is 17.9. The molecule has 2 aromatic carbocycles. The average Bonchev–Trinajstić information content (AvgIpc) is 3.11. The van der Waals surface area contributed by atoms with Crippen molar-refractivity contribution in [2.75, 3.05) is 27.5 Å². The lowest BCUT2D eigenvalue weighted by molar-refractivity contribution is 0.107. The normalized spacial score (nSPS) is 19.9. The van der Waals surface area contributed by atoms with Crippen LogP contribution in [-0.4, -0.2) is 37.5 Å². The SMILES string of the molecule is COc1c2c(cc3c1[C@H](C[C@H](O)c1ccc(Br)cc1)N(C)CC3)OCO2. The van der Waals surface area contributed by atoms with Gasteiger partial charge >= 0.3 is 0 Å². The molecule has 26 heavy (non-hydrogen) atoms. The highest BCUT2D eigenvalue weighted by Crippen LogP contribution is 2.50. The number of rotatable bonds is 4. The van der Waals surface area contributed by atoms with Crippen molar-refractivity contribution in [1.29, 1.82) is 0 Å². The van der Waals surface area contributed by atoms with Crippen LogP contribution < -0.4 is 14.2 Å². The molecule has 0 fully saturated rings. The molecule has 5 nitrogen and oxygen atoms in total. The van der Waals surface area contributed by atoms with Crippen LogP contribution in [0.5, 0.6) is 17.2 Å². The highest BCUT2D eigenvalue weighted by atomic mass is 79.9. The fraction of sp³-hybridized carbons (Fsp3) is 0.400. The number of aliphatic hydroxyl groups is 1. The predicted octanol–water partition coefficient (Wildman–Crippen LogP) is 3.84. The second kappa shape index (κ2) is 7.10. The summed E-state index contributed by atoms with van der Waals surface area (Å²) in [6.45, 7) is 1.14. The van der Waals surface area contributed by atoms with Crippen LogP contribution in [0.2, 0.25) is 0 Å². The molecule has 0 saturated carbocycles. The van der Waals surface area contributed by atoms with E-state index in [0.29, 0.717) is 12.2 Å². The molecule has 6 heteroatoms. The predicted molar refractivity (Wildman–Crippen MR) is 102 cm³/mol. The van der Waals surface area contributed by atoms with Gasteiger partial charge < -0.3 is 19.3 Å². The van der Waals surface area contributed by atoms with E-state index in [2.05, 4.69) is 33.9 Å². The molecular formula is C20H22BrNO4. The first kappa shape index (κ1) is 17.6. The fourth-order valence-corrected chi connectivity index (χ4v) is 4.12. The Balaban J connectivity index is 1.70. The molecule has 0 radical (unpaired) electrons. The third-order valence-electron chi connectivity index (χ3n) is 5.25. The second-order valence-corrected chi connectivity index (χ2v) is 7.68. The number of methoxy groups -OCH3 is 1. The summed E-state index contributed by atoms with van der Waals surface area (Å²) in [5.74, 6) is 2.15. The summed E-state index contributed by atoms with van der Waals surface area (Å²) in [4.78, 5) is 2.27. The minimum Gasteiger partial charge on any atom is -0.492 e. The molecule has 0 bridgehead atoms. The van der Waals surface area contributed by atoms with Crippen molar-refractivity contribution >= 4 is 15.9 Å². The Morgan fingerprint density at radius 1 is 1.31 bits per heavy atom. The van der Waals surface area contributed by atoms with Crippen LogP contribution in [0.3, 0.4) is 0 Å². The molecule has 0 aliphatic carbocycles. The van der Waals surface area contributed by atoms with Crippen LogP contribution in [0, 0.1) is 0 Å². The topological polar surface area (TPSA) is 51.2 Å². The van der Waals surface area contributed by atoms with Crippen molar-refractivity contribution in [1.82, 2.24) is 4.90 Å². The summed E-state index contributed by atoms with van der Waals surface area (Å²) in [7, 11) is 3.75. The van der Waals surface area contributed by atoms with Gasteiger partial charge in [-0.1, -0.05) is 28.1 Å². The van der Waals surface area contributed by atoms with E-state index in [9.17, 15) is 5.11 Å². The van der Waals surface area contributed by atoms with Gasteiger partial charge in [0.05, 0.1) is 13.2 Å². The van der Waals surface area contributed by atoms with Gasteiger partial charge in [-0.05, 0) is 49.2 Å². The maximum absolute atomic E-state index is 10.8. The third kappa shape index (κ3) is 3.06. The lowest BCUT2D eigenvalue weighted by Crippen LogP contribution is -2.33. The number of halogens is 1. The molecular weight excluding hydrogens is 398 g/mol. The maximum Gasteiger partial charge on any atom is 0.231 e. The first-order valence-corrected chi connectivity index (χ1v) is 9.51. The second-order valence-electron chi connectivity index (χ2n) is 6.77. The van der Waals surface area contributed by atoms with Crippen LogP contribution in [0.1, 0.15) is 35.3 Å². The summed E-state index contributed by atoms with van der Waals surface area (Å²) >= 11 is 3.44. The van der Waals surface area contributed by atoms with Crippen molar-refractivity contribution in [3.05, 3.63) is 51.5 Å². The van der Waals surface area contributed by atoms with E-state index in [1.165, 1.54) is 5.56 Å². The number of hydrogen-bond donors (Lipinski definition) is 1. The maximum atomic E-state index is 10.8. The molecule has 0 amide bonds. The minimum atomic E-state index is -0.559. The largest absolute Gasteiger partial charge is 0.492 e. The molecule has 2 atom stereocenters. The zero-order valence-corrected chi connectivity index (χ0v) is 16.5. The fourth-order valence-electron chi connectivity index (χ4n) is 3.86. The van der Waals surface area contributed by atoms with E-state index in [1.54, 1.807) is 7.11 Å². The molecule has 0 saturated heterocycles. The highest BCUT2D eigenvalue weighted by Gasteiger charge is 2.35. The summed E-state index contributed by atoms with van der Waals surface area (Å²) in [5.41, 5.74) is 3.22. The van der Waals surface area contributed by atoms with Crippen molar-refractivity contribution < 1.29 is 19.3 Å². The van der Waals surface area contributed by atoms with E-state index in [1.807, 2.05) is 24.3 Å². The van der Waals surface area contributed by atoms with E-state index >= 15 is 0 Å². The number of hydrogen-bond acceptors (Lipinski definition) is 5. The van der Waals surface area contributed by atoms with Crippen LogP contribution in [0.4, 0.5) is 0 Å². The van der Waals surface area contributed by atoms with Gasteiger partial charge in [0.15, 0.2) is 11.5 Å². The molecule has 2 aliphatic rings. The number of fused-ring (bicyclic) bond motifs is 2. The molecule has 2 aliphatic heterocycles. The van der Waals surface area contributed by atoms with E-state index in [4.69, 9.17) is 14.2 Å². The lowest BCUT2D eigenvalue weighted by atomic mass is 9.87. The molecule has 1 N–H and O–H groups in total. The van der Waals surface area contributed by atoms with E-state index in [0.717, 1.165) is 40.1 Å². The van der Waals surface area contributed by atoms with E-state index in [-0.39, 0.29) is 12.8 Å². The van der Waals surface area contributed by atoms with Crippen molar-refractivity contribution in [2.45, 2.75) is 25.0 Å². The molecule has 0 aromatic heterocycles. The lowest BCUT2D eigenvalue weighted by Gasteiger charge is -2.37. The quantitative estimate of drug-likeness (QED) is 0.815. The molecule has 4 rings (SSSR count). The van der Waals surface area contributed by atoms with Gasteiger partial charge in [0.2, 0.25) is 12.5 Å². The zero-order valence-electron chi connectivity index (χ0n) is 14.9. The Morgan fingerprint density at radius 3 is 2.81 bits per heavy atom. The number of aliphatic hydroxyl groups excluding tert-OH is 1. The summed E-state index contributed by atoms with van der Waals surface area (Å²) in [6.07, 6.45) is 0.946. The molecule has 2 heterocycles. The van der Waals surface area contributed by atoms with Gasteiger partial charge in [-0.2, -0.15) is 0 Å². The van der Waals surface area contributed by atoms with Crippen LogP contribution in [0.15, 0.2) is 34.8 Å². The highest BCUT2D eigenvalue weighted by molar-refractivity contribution is 9.10. The molecule has 138 valence electrons. The van der Waals surface area contributed by atoms with Crippen LogP contribution >= 0.6 is 15.9 Å². The monoisotopic (exact) mass is 419 g/mol. The minimum absolute atomic E-state index is 0.0434. The van der Waals surface area contributed by atoms with Gasteiger partial charge in [-0.15, -0.1) is 0 Å². The van der Waals surface area contributed by atoms with Crippen LogP contribution in [-0.2, 0) is 6.42 Å².